The molecule has 0 spiro atoms. The third kappa shape index (κ3) is 2.38. The van der Waals surface area contributed by atoms with E-state index in [9.17, 15) is 13.6 Å². The number of hydrogen-bond acceptors (Lipinski definition) is 1. The van der Waals surface area contributed by atoms with E-state index in [-0.39, 0.29) is 5.56 Å². The second kappa shape index (κ2) is 4.45. The molecule has 0 saturated heterocycles. The van der Waals surface area contributed by atoms with E-state index in [1.807, 2.05) is 6.92 Å². The largest absolute Gasteiger partial charge is 0.288 e. The van der Waals surface area contributed by atoms with Gasteiger partial charge in [0, 0.05) is 11.6 Å². The summed E-state index contributed by atoms with van der Waals surface area (Å²) in [5, 5.41) is 0. The molecule has 17 heavy (non-hydrogen) atoms. The predicted molar refractivity (Wildman–Crippen MR) is 61.0 cm³/mol. The maximum Gasteiger partial charge on any atom is 0.195 e. The van der Waals surface area contributed by atoms with Gasteiger partial charge in [0.2, 0.25) is 0 Å². The Labute approximate surface area is 97.7 Å². The van der Waals surface area contributed by atoms with Crippen LogP contribution in [-0.2, 0) is 0 Å². The first-order valence-corrected chi connectivity index (χ1v) is 5.14. The fourth-order valence-corrected chi connectivity index (χ4v) is 1.53. The summed E-state index contributed by atoms with van der Waals surface area (Å²) in [6, 6.07) is 9.74. The molecular formula is C14H10F2O. The molecule has 0 radical (unpaired) electrons. The van der Waals surface area contributed by atoms with Crippen LogP contribution in [0.2, 0.25) is 0 Å². The van der Waals surface area contributed by atoms with E-state index in [0.29, 0.717) is 11.6 Å². The Morgan fingerprint density at radius 1 is 1.00 bits per heavy atom. The zero-order valence-corrected chi connectivity index (χ0v) is 9.21. The minimum absolute atomic E-state index is 0.116. The van der Waals surface area contributed by atoms with E-state index < -0.39 is 17.4 Å². The van der Waals surface area contributed by atoms with Crippen LogP contribution in [-0.4, -0.2) is 5.78 Å². The lowest BCUT2D eigenvalue weighted by molar-refractivity contribution is 0.103. The van der Waals surface area contributed by atoms with Crippen LogP contribution < -0.4 is 0 Å². The molecule has 1 nitrogen and oxygen atoms in total. The number of benzene rings is 2. The van der Waals surface area contributed by atoms with Crippen molar-refractivity contribution >= 4 is 5.78 Å². The summed E-state index contributed by atoms with van der Waals surface area (Å²) in [4.78, 5) is 11.9. The van der Waals surface area contributed by atoms with Crippen molar-refractivity contribution < 1.29 is 13.6 Å². The Morgan fingerprint density at radius 3 is 2.24 bits per heavy atom. The quantitative estimate of drug-likeness (QED) is 0.724. The summed E-state index contributed by atoms with van der Waals surface area (Å²) >= 11 is 0. The molecule has 3 heteroatoms. The number of rotatable bonds is 2. The molecule has 0 amide bonds. The number of carbonyl (C=O) groups excluding carboxylic acids is 1. The molecule has 0 N–H and O–H groups in total. The van der Waals surface area contributed by atoms with Crippen LogP contribution in [0.1, 0.15) is 21.5 Å². The number of aryl methyl sites for hydroxylation is 1. The topological polar surface area (TPSA) is 17.1 Å². The Morgan fingerprint density at radius 2 is 1.65 bits per heavy atom. The van der Waals surface area contributed by atoms with Crippen LogP contribution in [0.4, 0.5) is 8.78 Å². The van der Waals surface area contributed by atoms with Crippen molar-refractivity contribution in [3.63, 3.8) is 0 Å². The minimum Gasteiger partial charge on any atom is -0.288 e. The third-order valence-corrected chi connectivity index (χ3v) is 2.49. The first kappa shape index (κ1) is 11.5. The molecule has 0 fully saturated rings. The second-order valence-electron chi connectivity index (χ2n) is 3.82. The van der Waals surface area contributed by atoms with E-state index in [1.165, 1.54) is 0 Å². The van der Waals surface area contributed by atoms with Crippen LogP contribution in [0, 0.1) is 18.6 Å². The Balaban J connectivity index is 2.40. The number of halogens is 2. The lowest BCUT2D eigenvalue weighted by Crippen LogP contribution is -2.04. The van der Waals surface area contributed by atoms with Crippen molar-refractivity contribution in [1.82, 2.24) is 0 Å². The molecule has 0 aliphatic heterocycles. The van der Waals surface area contributed by atoms with Crippen LogP contribution in [0.15, 0.2) is 42.5 Å². The lowest BCUT2D eigenvalue weighted by Gasteiger charge is -2.03. The lowest BCUT2D eigenvalue weighted by atomic mass is 10.0. The Kier molecular flexibility index (Phi) is 3.00. The van der Waals surface area contributed by atoms with Gasteiger partial charge < -0.3 is 0 Å². The van der Waals surface area contributed by atoms with E-state index in [1.54, 1.807) is 24.3 Å². The highest BCUT2D eigenvalue weighted by Crippen LogP contribution is 2.15. The molecule has 86 valence electrons. The van der Waals surface area contributed by atoms with Crippen molar-refractivity contribution in [3.05, 3.63) is 70.8 Å². The maximum atomic E-state index is 13.4. The Bertz CT molecular complexity index is 559. The molecule has 2 aromatic carbocycles. The summed E-state index contributed by atoms with van der Waals surface area (Å²) in [5.41, 5.74) is 1.29. The predicted octanol–water partition coefficient (Wildman–Crippen LogP) is 3.50. The van der Waals surface area contributed by atoms with Crippen molar-refractivity contribution in [2.24, 2.45) is 0 Å². The Hall–Kier alpha value is -2.03. The smallest absolute Gasteiger partial charge is 0.195 e. The molecule has 0 atom stereocenters. The highest BCUT2D eigenvalue weighted by molar-refractivity contribution is 6.09. The van der Waals surface area contributed by atoms with Crippen molar-refractivity contribution in [2.45, 2.75) is 6.92 Å². The molecule has 2 aromatic rings. The average Bonchev–Trinajstić information content (AvgIpc) is 2.29. The molecule has 0 unspecified atom stereocenters. The van der Waals surface area contributed by atoms with Crippen LogP contribution in [0.3, 0.4) is 0 Å². The summed E-state index contributed by atoms with van der Waals surface area (Å²) in [5.74, 6) is -1.97. The molecule has 2 rings (SSSR count). The summed E-state index contributed by atoms with van der Waals surface area (Å²) in [7, 11) is 0. The van der Waals surface area contributed by atoms with E-state index in [0.717, 1.165) is 17.7 Å². The standard InChI is InChI=1S/C14H10F2O/c1-9-2-4-10(5-3-9)14(17)12-7-6-11(15)8-13(12)16/h2-8H,1H3. The summed E-state index contributed by atoms with van der Waals surface area (Å²) in [6.07, 6.45) is 0. The van der Waals surface area contributed by atoms with Gasteiger partial charge in [-0.25, -0.2) is 8.78 Å². The minimum atomic E-state index is -0.837. The van der Waals surface area contributed by atoms with Gasteiger partial charge in [-0.1, -0.05) is 29.8 Å². The van der Waals surface area contributed by atoms with Crippen LogP contribution in [0.5, 0.6) is 0 Å². The monoisotopic (exact) mass is 232 g/mol. The van der Waals surface area contributed by atoms with Gasteiger partial charge in [0.1, 0.15) is 11.6 Å². The zero-order valence-electron chi connectivity index (χ0n) is 9.21. The molecular weight excluding hydrogens is 222 g/mol. The van der Waals surface area contributed by atoms with Gasteiger partial charge in [0.15, 0.2) is 5.78 Å². The normalized spacial score (nSPS) is 10.3. The van der Waals surface area contributed by atoms with Gasteiger partial charge in [0.05, 0.1) is 5.56 Å². The van der Waals surface area contributed by atoms with E-state index >= 15 is 0 Å². The van der Waals surface area contributed by atoms with E-state index in [4.69, 9.17) is 0 Å². The fourth-order valence-electron chi connectivity index (χ4n) is 1.53. The van der Waals surface area contributed by atoms with Gasteiger partial charge in [0.25, 0.3) is 0 Å². The molecule has 0 aromatic heterocycles. The summed E-state index contributed by atoms with van der Waals surface area (Å²) < 4.78 is 26.1. The zero-order chi connectivity index (χ0) is 12.4. The maximum absolute atomic E-state index is 13.4. The summed E-state index contributed by atoms with van der Waals surface area (Å²) in [6.45, 7) is 1.90. The van der Waals surface area contributed by atoms with Gasteiger partial charge >= 0.3 is 0 Å². The first-order valence-electron chi connectivity index (χ1n) is 5.14. The molecule has 0 heterocycles. The first-order chi connectivity index (χ1) is 8.08. The van der Waals surface area contributed by atoms with Crippen LogP contribution in [0.25, 0.3) is 0 Å². The van der Waals surface area contributed by atoms with Gasteiger partial charge in [-0.15, -0.1) is 0 Å². The fraction of sp³-hybridized carbons (Fsp3) is 0.0714. The number of carbonyl (C=O) groups is 1. The van der Waals surface area contributed by atoms with Crippen molar-refractivity contribution in [2.75, 3.05) is 0 Å². The van der Waals surface area contributed by atoms with Crippen molar-refractivity contribution in [1.29, 1.82) is 0 Å². The number of ketones is 1. The highest BCUT2D eigenvalue weighted by atomic mass is 19.1. The SMILES string of the molecule is Cc1ccc(C(=O)c2ccc(F)cc2F)cc1. The highest BCUT2D eigenvalue weighted by Gasteiger charge is 2.14. The number of hydrogen-bond donors (Lipinski definition) is 0. The third-order valence-electron chi connectivity index (χ3n) is 2.49. The molecule has 0 aliphatic rings. The average molecular weight is 232 g/mol. The van der Waals surface area contributed by atoms with Gasteiger partial charge in [-0.05, 0) is 19.1 Å². The molecule has 0 bridgehead atoms. The molecule has 0 saturated carbocycles. The second-order valence-corrected chi connectivity index (χ2v) is 3.82. The van der Waals surface area contributed by atoms with Crippen LogP contribution >= 0.6 is 0 Å². The van der Waals surface area contributed by atoms with E-state index in [2.05, 4.69) is 0 Å². The van der Waals surface area contributed by atoms with Crippen molar-refractivity contribution in [3.8, 4) is 0 Å². The van der Waals surface area contributed by atoms with Gasteiger partial charge in [-0.2, -0.15) is 0 Å². The molecule has 0 aliphatic carbocycles. The van der Waals surface area contributed by atoms with Gasteiger partial charge in [-0.3, -0.25) is 4.79 Å².